The van der Waals surface area contributed by atoms with Gasteiger partial charge in [0.2, 0.25) is 10.0 Å². The highest BCUT2D eigenvalue weighted by atomic mass is 32.2. The second-order valence-electron chi connectivity index (χ2n) is 5.53. The Hall–Kier alpha value is -0.920. The zero-order valence-electron chi connectivity index (χ0n) is 12.3. The number of benzene rings is 1. The number of hydrogen-bond acceptors (Lipinski definition) is 4. The lowest BCUT2D eigenvalue weighted by molar-refractivity contribution is 0.447. The van der Waals surface area contributed by atoms with Crippen molar-refractivity contribution >= 4 is 19.9 Å². The van der Waals surface area contributed by atoms with E-state index >= 15 is 0 Å². The van der Waals surface area contributed by atoms with Crippen LogP contribution in [0.3, 0.4) is 0 Å². The molecular weight excluding hydrogens is 310 g/mol. The zero-order chi connectivity index (χ0) is 15.7. The first kappa shape index (κ1) is 16.5. The van der Waals surface area contributed by atoms with Crippen molar-refractivity contribution in [2.24, 2.45) is 5.92 Å². The van der Waals surface area contributed by atoms with Gasteiger partial charge >= 0.3 is 0 Å². The minimum atomic E-state index is -3.51. The molecule has 0 spiro atoms. The predicted molar refractivity (Wildman–Crippen MR) is 82.2 cm³/mol. The Morgan fingerprint density at radius 1 is 1.10 bits per heavy atom. The van der Waals surface area contributed by atoms with E-state index in [1.807, 2.05) is 6.92 Å². The SMILES string of the molecule is CCC[C@@H]1CN(S(C)(=O)=O)CC1S(=O)(=O)c1ccccc1. The fourth-order valence-corrected chi connectivity index (χ4v) is 5.84. The molecule has 0 N–H and O–H groups in total. The molecule has 2 rings (SSSR count). The number of sulfone groups is 1. The first-order valence-corrected chi connectivity index (χ1v) is 10.4. The summed E-state index contributed by atoms with van der Waals surface area (Å²) in [6.07, 6.45) is 2.68. The average molecular weight is 331 g/mol. The highest BCUT2D eigenvalue weighted by Gasteiger charge is 2.44. The lowest BCUT2D eigenvalue weighted by Crippen LogP contribution is -2.31. The van der Waals surface area contributed by atoms with Crippen LogP contribution in [0.4, 0.5) is 0 Å². The monoisotopic (exact) mass is 331 g/mol. The van der Waals surface area contributed by atoms with Gasteiger partial charge in [0.1, 0.15) is 0 Å². The minimum absolute atomic E-state index is 0.0563. The second-order valence-corrected chi connectivity index (χ2v) is 9.67. The molecule has 1 heterocycles. The fraction of sp³-hybridized carbons (Fsp3) is 0.571. The minimum Gasteiger partial charge on any atom is -0.223 e. The molecule has 1 aliphatic heterocycles. The fourth-order valence-electron chi connectivity index (χ4n) is 2.86. The molecule has 7 heteroatoms. The topological polar surface area (TPSA) is 71.5 Å². The predicted octanol–water partition coefficient (Wildman–Crippen LogP) is 1.52. The molecule has 0 radical (unpaired) electrons. The van der Waals surface area contributed by atoms with E-state index in [2.05, 4.69) is 0 Å². The van der Waals surface area contributed by atoms with Crippen molar-refractivity contribution in [1.82, 2.24) is 4.31 Å². The quantitative estimate of drug-likeness (QED) is 0.820. The normalized spacial score (nSPS) is 24.3. The van der Waals surface area contributed by atoms with E-state index in [1.54, 1.807) is 30.3 Å². The summed E-state index contributed by atoms with van der Waals surface area (Å²) in [6, 6.07) is 8.28. The molecular formula is C14H21NO4S2. The smallest absolute Gasteiger partial charge is 0.211 e. The Morgan fingerprint density at radius 2 is 1.71 bits per heavy atom. The molecule has 21 heavy (non-hydrogen) atoms. The van der Waals surface area contributed by atoms with Crippen LogP contribution >= 0.6 is 0 Å². The Labute approximate surface area is 126 Å². The molecule has 0 saturated carbocycles. The first-order valence-electron chi connectivity index (χ1n) is 7.01. The van der Waals surface area contributed by atoms with Crippen molar-refractivity contribution in [3.8, 4) is 0 Å². The number of hydrogen-bond donors (Lipinski definition) is 0. The van der Waals surface area contributed by atoms with Crippen LogP contribution in [0.1, 0.15) is 19.8 Å². The third kappa shape index (κ3) is 3.46. The average Bonchev–Trinajstić information content (AvgIpc) is 2.85. The van der Waals surface area contributed by atoms with Crippen LogP contribution in [-0.2, 0) is 19.9 Å². The molecule has 2 atom stereocenters. The third-order valence-electron chi connectivity index (χ3n) is 3.95. The van der Waals surface area contributed by atoms with Gasteiger partial charge in [-0.3, -0.25) is 0 Å². The van der Waals surface area contributed by atoms with Crippen LogP contribution in [0.15, 0.2) is 35.2 Å². The van der Waals surface area contributed by atoms with E-state index < -0.39 is 25.1 Å². The van der Waals surface area contributed by atoms with Gasteiger partial charge in [0.25, 0.3) is 0 Å². The van der Waals surface area contributed by atoms with Gasteiger partial charge in [-0.1, -0.05) is 31.5 Å². The molecule has 1 saturated heterocycles. The van der Waals surface area contributed by atoms with E-state index in [0.29, 0.717) is 13.0 Å². The molecule has 1 aromatic rings. The maximum absolute atomic E-state index is 12.8. The molecule has 1 fully saturated rings. The summed E-state index contributed by atoms with van der Waals surface area (Å²) in [5.41, 5.74) is 0. The van der Waals surface area contributed by atoms with Gasteiger partial charge < -0.3 is 0 Å². The maximum Gasteiger partial charge on any atom is 0.211 e. The van der Waals surface area contributed by atoms with Gasteiger partial charge in [0.15, 0.2) is 9.84 Å². The lowest BCUT2D eigenvalue weighted by Gasteiger charge is -2.18. The molecule has 0 amide bonds. The summed E-state index contributed by atoms with van der Waals surface area (Å²) >= 11 is 0. The summed E-state index contributed by atoms with van der Waals surface area (Å²) < 4.78 is 50.3. The summed E-state index contributed by atoms with van der Waals surface area (Å²) in [4.78, 5) is 0.270. The summed E-state index contributed by atoms with van der Waals surface area (Å²) in [7, 11) is -6.87. The second kappa shape index (κ2) is 6.06. The van der Waals surface area contributed by atoms with Crippen LogP contribution < -0.4 is 0 Å². The Kier molecular flexibility index (Phi) is 4.75. The van der Waals surface area contributed by atoms with Crippen molar-refractivity contribution in [1.29, 1.82) is 0 Å². The molecule has 1 aromatic carbocycles. The van der Waals surface area contributed by atoms with Gasteiger partial charge in [-0.2, -0.15) is 0 Å². The van der Waals surface area contributed by atoms with E-state index in [0.717, 1.165) is 12.7 Å². The van der Waals surface area contributed by atoms with Crippen molar-refractivity contribution in [2.45, 2.75) is 29.9 Å². The highest BCUT2D eigenvalue weighted by Crippen LogP contribution is 2.32. The van der Waals surface area contributed by atoms with E-state index in [4.69, 9.17) is 0 Å². The van der Waals surface area contributed by atoms with Gasteiger partial charge in [-0.05, 0) is 24.5 Å². The van der Waals surface area contributed by atoms with Crippen LogP contribution in [0.25, 0.3) is 0 Å². The molecule has 5 nitrogen and oxygen atoms in total. The first-order chi connectivity index (χ1) is 9.76. The molecule has 0 bridgehead atoms. The van der Waals surface area contributed by atoms with Crippen LogP contribution in [-0.4, -0.2) is 45.7 Å². The largest absolute Gasteiger partial charge is 0.223 e. The van der Waals surface area contributed by atoms with Gasteiger partial charge in [0.05, 0.1) is 16.4 Å². The highest BCUT2D eigenvalue weighted by molar-refractivity contribution is 7.92. The van der Waals surface area contributed by atoms with Crippen molar-refractivity contribution in [3.05, 3.63) is 30.3 Å². The van der Waals surface area contributed by atoms with Crippen molar-refractivity contribution < 1.29 is 16.8 Å². The number of sulfonamides is 1. The molecule has 1 aliphatic rings. The molecule has 0 aliphatic carbocycles. The van der Waals surface area contributed by atoms with Crippen molar-refractivity contribution in [2.75, 3.05) is 19.3 Å². The molecule has 1 unspecified atom stereocenters. The number of rotatable bonds is 5. The van der Waals surface area contributed by atoms with Gasteiger partial charge in [-0.15, -0.1) is 0 Å². The van der Waals surface area contributed by atoms with E-state index in [9.17, 15) is 16.8 Å². The van der Waals surface area contributed by atoms with Crippen LogP contribution in [0.5, 0.6) is 0 Å². The van der Waals surface area contributed by atoms with Crippen LogP contribution in [0.2, 0.25) is 0 Å². The molecule has 118 valence electrons. The van der Waals surface area contributed by atoms with Crippen LogP contribution in [0, 0.1) is 5.92 Å². The Morgan fingerprint density at radius 3 is 2.24 bits per heavy atom. The van der Waals surface area contributed by atoms with E-state index in [-0.39, 0.29) is 17.4 Å². The van der Waals surface area contributed by atoms with E-state index in [1.165, 1.54) is 4.31 Å². The lowest BCUT2D eigenvalue weighted by atomic mass is 10.0. The van der Waals surface area contributed by atoms with Gasteiger partial charge in [0, 0.05) is 13.1 Å². The number of nitrogens with zero attached hydrogens (tertiary/aromatic N) is 1. The standard InChI is InChI=1S/C14H21NO4S2/c1-3-7-12-10-15(20(2,16)17)11-14(12)21(18,19)13-8-5-4-6-9-13/h4-6,8-9,12,14H,3,7,10-11H2,1-2H3/t12-,14?/m1/s1. The Balaban J connectivity index is 2.36. The summed E-state index contributed by atoms with van der Waals surface area (Å²) in [5.74, 6) is -0.144. The summed E-state index contributed by atoms with van der Waals surface area (Å²) in [6.45, 7) is 2.33. The van der Waals surface area contributed by atoms with Crippen molar-refractivity contribution in [3.63, 3.8) is 0 Å². The third-order valence-corrected chi connectivity index (χ3v) is 7.44. The summed E-state index contributed by atoms with van der Waals surface area (Å²) in [5, 5.41) is -0.658. The maximum atomic E-state index is 12.8. The zero-order valence-corrected chi connectivity index (χ0v) is 13.9. The van der Waals surface area contributed by atoms with Gasteiger partial charge in [-0.25, -0.2) is 21.1 Å². The Bertz CT molecular complexity index is 683. The molecule has 0 aromatic heterocycles.